The molecule has 1 amide bonds. The summed E-state index contributed by atoms with van der Waals surface area (Å²) in [6.07, 6.45) is 3.05. The SMILES string of the molecule is O=C(COC(=O)c1ccc(NC(=O)c2ccco2)s1)c1ccc(S(=O)(=O)N2CCCC2)cc1. The van der Waals surface area contributed by atoms with Crippen molar-refractivity contribution in [3.05, 3.63) is 71.0 Å². The summed E-state index contributed by atoms with van der Waals surface area (Å²) in [5, 5.41) is 3.03. The minimum atomic E-state index is -3.56. The number of thiophene rings is 1. The first-order valence-electron chi connectivity index (χ1n) is 10.1. The van der Waals surface area contributed by atoms with Crippen molar-refractivity contribution in [2.75, 3.05) is 25.0 Å². The molecular weight excluding hydrogens is 468 g/mol. The van der Waals surface area contributed by atoms with Crippen LogP contribution in [-0.4, -0.2) is 50.1 Å². The fourth-order valence-corrected chi connectivity index (χ4v) is 5.58. The summed E-state index contributed by atoms with van der Waals surface area (Å²) in [6, 6.07) is 11.7. The highest BCUT2D eigenvalue weighted by molar-refractivity contribution is 7.89. The van der Waals surface area contributed by atoms with Gasteiger partial charge in [-0.3, -0.25) is 9.59 Å². The molecule has 0 aliphatic carbocycles. The van der Waals surface area contributed by atoms with E-state index in [2.05, 4.69) is 5.32 Å². The van der Waals surface area contributed by atoms with Crippen molar-refractivity contribution in [3.63, 3.8) is 0 Å². The number of ketones is 1. The van der Waals surface area contributed by atoms with E-state index < -0.39 is 34.3 Å². The Morgan fingerprint density at radius 3 is 2.42 bits per heavy atom. The zero-order valence-corrected chi connectivity index (χ0v) is 19.0. The maximum absolute atomic E-state index is 12.6. The smallest absolute Gasteiger partial charge is 0.348 e. The zero-order chi connectivity index (χ0) is 23.4. The van der Waals surface area contributed by atoms with E-state index in [-0.39, 0.29) is 21.1 Å². The van der Waals surface area contributed by atoms with Crippen LogP contribution in [0.5, 0.6) is 0 Å². The first-order chi connectivity index (χ1) is 15.8. The molecular formula is C22H20N2O7S2. The van der Waals surface area contributed by atoms with Crippen LogP contribution in [-0.2, 0) is 14.8 Å². The van der Waals surface area contributed by atoms with Gasteiger partial charge in [-0.05, 0) is 61.4 Å². The van der Waals surface area contributed by atoms with Crippen LogP contribution >= 0.6 is 11.3 Å². The summed E-state index contributed by atoms with van der Waals surface area (Å²) in [5.41, 5.74) is 0.237. The highest BCUT2D eigenvalue weighted by Crippen LogP contribution is 2.24. The number of furan rings is 1. The van der Waals surface area contributed by atoms with Crippen molar-refractivity contribution in [3.8, 4) is 0 Å². The summed E-state index contributed by atoms with van der Waals surface area (Å²) < 4.78 is 36.6. The number of nitrogens with zero attached hydrogens (tertiary/aromatic N) is 1. The maximum atomic E-state index is 12.6. The van der Waals surface area contributed by atoms with Crippen LogP contribution in [0.4, 0.5) is 5.00 Å². The Morgan fingerprint density at radius 2 is 1.76 bits per heavy atom. The molecule has 9 nitrogen and oxygen atoms in total. The molecule has 33 heavy (non-hydrogen) atoms. The predicted molar refractivity (Wildman–Crippen MR) is 120 cm³/mol. The van der Waals surface area contributed by atoms with Crippen molar-refractivity contribution in [1.82, 2.24) is 4.31 Å². The van der Waals surface area contributed by atoms with Gasteiger partial charge in [-0.2, -0.15) is 4.31 Å². The molecule has 3 aromatic rings. The maximum Gasteiger partial charge on any atom is 0.348 e. The number of amides is 1. The van der Waals surface area contributed by atoms with Gasteiger partial charge in [0.15, 0.2) is 18.2 Å². The van der Waals surface area contributed by atoms with E-state index >= 15 is 0 Å². The van der Waals surface area contributed by atoms with Gasteiger partial charge in [0.05, 0.1) is 16.2 Å². The first-order valence-corrected chi connectivity index (χ1v) is 12.4. The fourth-order valence-electron chi connectivity index (χ4n) is 3.27. The average Bonchev–Trinajstić information content (AvgIpc) is 3.59. The van der Waals surface area contributed by atoms with Gasteiger partial charge in [0.2, 0.25) is 10.0 Å². The summed E-state index contributed by atoms with van der Waals surface area (Å²) >= 11 is 1.000. The van der Waals surface area contributed by atoms with Crippen molar-refractivity contribution in [1.29, 1.82) is 0 Å². The highest BCUT2D eigenvalue weighted by atomic mass is 32.2. The number of rotatable bonds is 8. The molecule has 1 aromatic carbocycles. The van der Waals surface area contributed by atoms with E-state index in [0.717, 1.165) is 24.2 Å². The Hall–Kier alpha value is -3.28. The van der Waals surface area contributed by atoms with Crippen molar-refractivity contribution < 1.29 is 32.0 Å². The van der Waals surface area contributed by atoms with E-state index in [1.165, 1.54) is 47.0 Å². The van der Waals surface area contributed by atoms with E-state index in [1.807, 2.05) is 0 Å². The van der Waals surface area contributed by atoms with E-state index in [1.54, 1.807) is 12.1 Å². The van der Waals surface area contributed by atoms with Crippen molar-refractivity contribution >= 4 is 44.0 Å². The third kappa shape index (κ3) is 5.21. The number of esters is 1. The molecule has 0 atom stereocenters. The van der Waals surface area contributed by atoms with Crippen LogP contribution in [0.1, 0.15) is 43.4 Å². The Bertz CT molecular complexity index is 1260. The number of benzene rings is 1. The number of sulfonamides is 1. The van der Waals surface area contributed by atoms with Crippen LogP contribution in [0, 0.1) is 0 Å². The second kappa shape index (κ2) is 9.69. The third-order valence-corrected chi connectivity index (χ3v) is 7.90. The summed E-state index contributed by atoms with van der Waals surface area (Å²) in [7, 11) is -3.56. The molecule has 0 spiro atoms. The minimum absolute atomic E-state index is 0.126. The monoisotopic (exact) mass is 488 g/mol. The van der Waals surface area contributed by atoms with Gasteiger partial charge in [-0.15, -0.1) is 11.3 Å². The minimum Gasteiger partial charge on any atom is -0.459 e. The van der Waals surface area contributed by atoms with Gasteiger partial charge in [0.25, 0.3) is 5.91 Å². The lowest BCUT2D eigenvalue weighted by molar-refractivity contribution is 0.0479. The topological polar surface area (TPSA) is 123 Å². The molecule has 172 valence electrons. The van der Waals surface area contributed by atoms with Crippen LogP contribution in [0.25, 0.3) is 0 Å². The Labute approximate surface area is 194 Å². The van der Waals surface area contributed by atoms with Crippen LogP contribution in [0.3, 0.4) is 0 Å². The number of ether oxygens (including phenoxy) is 1. The Kier molecular flexibility index (Phi) is 6.72. The zero-order valence-electron chi connectivity index (χ0n) is 17.4. The molecule has 1 aliphatic rings. The molecule has 0 bridgehead atoms. The van der Waals surface area contributed by atoms with E-state index in [4.69, 9.17) is 9.15 Å². The van der Waals surface area contributed by atoms with E-state index in [9.17, 15) is 22.8 Å². The number of Topliss-reactive ketones (excluding diaryl/α,β-unsaturated/α-hetero) is 1. The van der Waals surface area contributed by atoms with Crippen LogP contribution < -0.4 is 5.32 Å². The summed E-state index contributed by atoms with van der Waals surface area (Å²) in [6.45, 7) is 0.495. The lowest BCUT2D eigenvalue weighted by atomic mass is 10.1. The van der Waals surface area contributed by atoms with Gasteiger partial charge in [0, 0.05) is 18.7 Å². The second-order valence-electron chi connectivity index (χ2n) is 7.23. The molecule has 1 saturated heterocycles. The molecule has 1 N–H and O–H groups in total. The lowest BCUT2D eigenvalue weighted by Crippen LogP contribution is -2.27. The number of carbonyl (C=O) groups excluding carboxylic acids is 3. The quantitative estimate of drug-likeness (QED) is 0.381. The van der Waals surface area contributed by atoms with Gasteiger partial charge < -0.3 is 14.5 Å². The standard InChI is InChI=1S/C22H20N2O7S2/c25-17(15-5-7-16(8-6-15)33(28,29)24-11-1-2-12-24)14-31-22(27)19-9-10-20(32-19)23-21(26)18-4-3-13-30-18/h3-10,13H,1-2,11-12,14H2,(H,23,26). The third-order valence-electron chi connectivity index (χ3n) is 5.00. The predicted octanol–water partition coefficient (Wildman–Crippen LogP) is 3.42. The van der Waals surface area contributed by atoms with Crippen molar-refractivity contribution in [2.24, 2.45) is 0 Å². The molecule has 0 radical (unpaired) electrons. The summed E-state index contributed by atoms with van der Waals surface area (Å²) in [5.74, 6) is -1.49. The Morgan fingerprint density at radius 1 is 1.03 bits per heavy atom. The van der Waals surface area contributed by atoms with Gasteiger partial charge in [0.1, 0.15) is 4.88 Å². The molecule has 2 aromatic heterocycles. The lowest BCUT2D eigenvalue weighted by Gasteiger charge is -2.15. The number of carbonyl (C=O) groups is 3. The normalized spacial score (nSPS) is 14.2. The molecule has 4 rings (SSSR count). The molecule has 0 saturated carbocycles. The second-order valence-corrected chi connectivity index (χ2v) is 10.3. The number of anilines is 1. The average molecular weight is 489 g/mol. The fraction of sp³-hybridized carbons (Fsp3) is 0.227. The molecule has 0 unspecified atom stereocenters. The molecule has 11 heteroatoms. The van der Waals surface area contributed by atoms with E-state index in [0.29, 0.717) is 18.1 Å². The van der Waals surface area contributed by atoms with Gasteiger partial charge in [-0.25, -0.2) is 13.2 Å². The van der Waals surface area contributed by atoms with Gasteiger partial charge in [-0.1, -0.05) is 0 Å². The number of hydrogen-bond donors (Lipinski definition) is 1. The van der Waals surface area contributed by atoms with Crippen LogP contribution in [0.15, 0.2) is 64.1 Å². The Balaban J connectivity index is 1.32. The number of nitrogens with one attached hydrogen (secondary N) is 1. The molecule has 1 aliphatic heterocycles. The highest BCUT2D eigenvalue weighted by Gasteiger charge is 2.27. The molecule has 3 heterocycles. The largest absolute Gasteiger partial charge is 0.459 e. The van der Waals surface area contributed by atoms with Crippen LogP contribution in [0.2, 0.25) is 0 Å². The number of hydrogen-bond acceptors (Lipinski definition) is 8. The summed E-state index contributed by atoms with van der Waals surface area (Å²) in [4.78, 5) is 37.0. The van der Waals surface area contributed by atoms with Crippen molar-refractivity contribution in [2.45, 2.75) is 17.7 Å². The first kappa shape index (κ1) is 22.9. The van der Waals surface area contributed by atoms with Gasteiger partial charge >= 0.3 is 5.97 Å². The molecule has 1 fully saturated rings.